The molecule has 1 rings (SSSR count). The molecule has 0 aliphatic heterocycles. The molecule has 1 saturated carbocycles. The Labute approximate surface area is 127 Å². The fourth-order valence-electron chi connectivity index (χ4n) is 3.36. The Morgan fingerprint density at radius 1 is 0.950 bits per heavy atom. The summed E-state index contributed by atoms with van der Waals surface area (Å²) in [6, 6.07) is 0. The Morgan fingerprint density at radius 2 is 1.40 bits per heavy atom. The third kappa shape index (κ3) is 4.73. The van der Waals surface area contributed by atoms with E-state index >= 15 is 0 Å². The molecular formula is C18H38N2. The molecule has 120 valence electrons. The van der Waals surface area contributed by atoms with Gasteiger partial charge in [0.15, 0.2) is 0 Å². The molecule has 0 saturated heterocycles. The van der Waals surface area contributed by atoms with Crippen molar-refractivity contribution in [1.29, 1.82) is 0 Å². The highest BCUT2D eigenvalue weighted by molar-refractivity contribution is 5.04. The zero-order valence-corrected chi connectivity index (χ0v) is 14.8. The molecule has 0 radical (unpaired) electrons. The molecule has 20 heavy (non-hydrogen) atoms. The standard InChI is InChI=1S/C18H38N2/c1-14(2)7-9-20(10-8-15(3)4)18(13-19)11-17(12-18)16(5)6/h14-17H,7-13,19H2,1-6H3. The summed E-state index contributed by atoms with van der Waals surface area (Å²) < 4.78 is 0. The van der Waals surface area contributed by atoms with Crippen LogP contribution in [0.3, 0.4) is 0 Å². The van der Waals surface area contributed by atoms with E-state index in [-0.39, 0.29) is 0 Å². The second-order valence-corrected chi connectivity index (χ2v) is 8.19. The van der Waals surface area contributed by atoms with Crippen molar-refractivity contribution in [3.8, 4) is 0 Å². The molecule has 0 atom stereocenters. The van der Waals surface area contributed by atoms with E-state index in [0.717, 1.165) is 30.2 Å². The highest BCUT2D eigenvalue weighted by atomic mass is 15.2. The largest absolute Gasteiger partial charge is 0.329 e. The number of hydrogen-bond donors (Lipinski definition) is 1. The van der Waals surface area contributed by atoms with Crippen LogP contribution in [-0.4, -0.2) is 30.1 Å². The quantitative estimate of drug-likeness (QED) is 0.688. The smallest absolute Gasteiger partial charge is 0.0337 e. The summed E-state index contributed by atoms with van der Waals surface area (Å²) in [5.74, 6) is 3.27. The lowest BCUT2D eigenvalue weighted by Crippen LogP contribution is -2.63. The summed E-state index contributed by atoms with van der Waals surface area (Å²) in [6.45, 7) is 17.3. The maximum atomic E-state index is 6.20. The Hall–Kier alpha value is -0.0800. The van der Waals surface area contributed by atoms with E-state index in [4.69, 9.17) is 5.73 Å². The van der Waals surface area contributed by atoms with E-state index in [0.29, 0.717) is 5.54 Å². The highest BCUT2D eigenvalue weighted by Crippen LogP contribution is 2.45. The van der Waals surface area contributed by atoms with Gasteiger partial charge in [0.1, 0.15) is 0 Å². The third-order valence-corrected chi connectivity index (χ3v) is 5.23. The van der Waals surface area contributed by atoms with Crippen molar-refractivity contribution in [3.63, 3.8) is 0 Å². The zero-order valence-electron chi connectivity index (χ0n) is 14.8. The van der Waals surface area contributed by atoms with Gasteiger partial charge >= 0.3 is 0 Å². The second-order valence-electron chi connectivity index (χ2n) is 8.19. The van der Waals surface area contributed by atoms with E-state index in [1.165, 1.54) is 38.8 Å². The molecule has 1 aliphatic rings. The summed E-state index contributed by atoms with van der Waals surface area (Å²) in [6.07, 6.45) is 5.23. The van der Waals surface area contributed by atoms with Gasteiger partial charge in [0.25, 0.3) is 0 Å². The van der Waals surface area contributed by atoms with Gasteiger partial charge in [-0.15, -0.1) is 0 Å². The van der Waals surface area contributed by atoms with Crippen molar-refractivity contribution in [2.45, 2.75) is 72.8 Å². The molecule has 0 aromatic rings. The molecule has 2 nitrogen and oxygen atoms in total. The van der Waals surface area contributed by atoms with Crippen LogP contribution in [0.1, 0.15) is 67.2 Å². The van der Waals surface area contributed by atoms with Crippen LogP contribution in [0, 0.1) is 23.7 Å². The molecule has 1 fully saturated rings. The van der Waals surface area contributed by atoms with Gasteiger partial charge in [-0.3, -0.25) is 4.90 Å². The van der Waals surface area contributed by atoms with E-state index in [1.54, 1.807) is 0 Å². The van der Waals surface area contributed by atoms with E-state index in [9.17, 15) is 0 Å². The van der Waals surface area contributed by atoms with Crippen LogP contribution in [0.15, 0.2) is 0 Å². The van der Waals surface area contributed by atoms with Crippen LogP contribution in [-0.2, 0) is 0 Å². The topological polar surface area (TPSA) is 29.3 Å². The van der Waals surface area contributed by atoms with Crippen LogP contribution in [0.2, 0.25) is 0 Å². The number of rotatable bonds is 9. The predicted molar refractivity (Wildman–Crippen MR) is 89.8 cm³/mol. The summed E-state index contributed by atoms with van der Waals surface area (Å²) in [7, 11) is 0. The summed E-state index contributed by atoms with van der Waals surface area (Å²) in [5.41, 5.74) is 6.52. The highest BCUT2D eigenvalue weighted by Gasteiger charge is 2.47. The zero-order chi connectivity index (χ0) is 15.3. The van der Waals surface area contributed by atoms with Crippen LogP contribution in [0.5, 0.6) is 0 Å². The normalized spacial score (nSPS) is 26.9. The van der Waals surface area contributed by atoms with Gasteiger partial charge in [0.2, 0.25) is 0 Å². The lowest BCUT2D eigenvalue weighted by atomic mass is 9.63. The average molecular weight is 283 g/mol. The van der Waals surface area contributed by atoms with Gasteiger partial charge in [0, 0.05) is 12.1 Å². The maximum Gasteiger partial charge on any atom is 0.0337 e. The van der Waals surface area contributed by atoms with Crippen molar-refractivity contribution < 1.29 is 0 Å². The molecule has 0 spiro atoms. The van der Waals surface area contributed by atoms with Gasteiger partial charge in [-0.25, -0.2) is 0 Å². The minimum absolute atomic E-state index is 0.318. The molecule has 0 unspecified atom stereocenters. The Kier molecular flexibility index (Phi) is 7.00. The number of nitrogens with two attached hydrogens (primary N) is 1. The van der Waals surface area contributed by atoms with Gasteiger partial charge in [-0.2, -0.15) is 0 Å². The van der Waals surface area contributed by atoms with Crippen molar-refractivity contribution >= 4 is 0 Å². The SMILES string of the molecule is CC(C)CCN(CCC(C)C)C1(CN)CC(C(C)C)C1. The fourth-order valence-corrected chi connectivity index (χ4v) is 3.36. The minimum Gasteiger partial charge on any atom is -0.329 e. The molecule has 0 aromatic heterocycles. The molecular weight excluding hydrogens is 244 g/mol. The number of nitrogens with zero attached hydrogens (tertiary/aromatic N) is 1. The van der Waals surface area contributed by atoms with E-state index in [1.807, 2.05) is 0 Å². The average Bonchev–Trinajstić information content (AvgIpc) is 2.29. The van der Waals surface area contributed by atoms with Crippen LogP contribution >= 0.6 is 0 Å². The van der Waals surface area contributed by atoms with Crippen LogP contribution in [0.4, 0.5) is 0 Å². The molecule has 0 aromatic carbocycles. The molecule has 2 N–H and O–H groups in total. The Bertz CT molecular complexity index is 253. The van der Waals surface area contributed by atoms with Crippen molar-refractivity contribution in [1.82, 2.24) is 4.90 Å². The third-order valence-electron chi connectivity index (χ3n) is 5.23. The van der Waals surface area contributed by atoms with Crippen molar-refractivity contribution in [3.05, 3.63) is 0 Å². The Balaban J connectivity index is 2.64. The molecule has 0 amide bonds. The lowest BCUT2D eigenvalue weighted by Gasteiger charge is -2.56. The van der Waals surface area contributed by atoms with Gasteiger partial charge in [0.05, 0.1) is 0 Å². The van der Waals surface area contributed by atoms with Crippen LogP contribution < -0.4 is 5.73 Å². The van der Waals surface area contributed by atoms with Gasteiger partial charge in [-0.1, -0.05) is 41.5 Å². The van der Waals surface area contributed by atoms with Crippen molar-refractivity contribution in [2.24, 2.45) is 29.4 Å². The first-order chi connectivity index (χ1) is 9.30. The lowest BCUT2D eigenvalue weighted by molar-refractivity contribution is -0.0392. The van der Waals surface area contributed by atoms with Gasteiger partial charge in [-0.05, 0) is 62.4 Å². The first-order valence-corrected chi connectivity index (χ1v) is 8.76. The monoisotopic (exact) mass is 282 g/mol. The van der Waals surface area contributed by atoms with E-state index < -0.39 is 0 Å². The first kappa shape index (κ1) is 18.0. The van der Waals surface area contributed by atoms with Crippen molar-refractivity contribution in [2.75, 3.05) is 19.6 Å². The first-order valence-electron chi connectivity index (χ1n) is 8.76. The summed E-state index contributed by atoms with van der Waals surface area (Å²) in [5, 5.41) is 0. The fraction of sp³-hybridized carbons (Fsp3) is 1.00. The molecule has 2 heteroatoms. The maximum absolute atomic E-state index is 6.20. The predicted octanol–water partition coefficient (Wildman–Crippen LogP) is 4.14. The Morgan fingerprint density at radius 3 is 1.70 bits per heavy atom. The molecule has 0 bridgehead atoms. The molecule has 1 aliphatic carbocycles. The molecule has 0 heterocycles. The van der Waals surface area contributed by atoms with Gasteiger partial charge < -0.3 is 5.73 Å². The summed E-state index contributed by atoms with van der Waals surface area (Å²) >= 11 is 0. The minimum atomic E-state index is 0.318. The van der Waals surface area contributed by atoms with E-state index in [2.05, 4.69) is 46.4 Å². The second kappa shape index (κ2) is 7.79. The summed E-state index contributed by atoms with van der Waals surface area (Å²) in [4.78, 5) is 2.74. The van der Waals surface area contributed by atoms with Crippen LogP contribution in [0.25, 0.3) is 0 Å². The number of hydrogen-bond acceptors (Lipinski definition) is 2.